The molecule has 0 unspecified atom stereocenters. The second-order valence-electron chi connectivity index (χ2n) is 3.01. The molecule has 1 atom stereocenters. The van der Waals surface area contributed by atoms with Gasteiger partial charge in [0.15, 0.2) is 0 Å². The topological polar surface area (TPSA) is 21.3 Å². The minimum Gasteiger partial charge on any atom is -0.383 e. The molecule has 0 fully saturated rings. The van der Waals surface area contributed by atoms with Gasteiger partial charge in [-0.15, -0.1) is 0 Å². The first-order valence-corrected chi connectivity index (χ1v) is 5.31. The number of hydrogen-bond donors (Lipinski definition) is 1. The zero-order valence-electron chi connectivity index (χ0n) is 7.88. The normalized spacial score (nSPS) is 12.5. The summed E-state index contributed by atoms with van der Waals surface area (Å²) in [7, 11) is 1.72. The van der Waals surface area contributed by atoms with Gasteiger partial charge in [0, 0.05) is 22.4 Å². The molecule has 1 aromatic carbocycles. The van der Waals surface area contributed by atoms with Crippen molar-refractivity contribution in [2.75, 3.05) is 19.0 Å². The SMILES string of the molecule is COC[C@H](C)Nc1cccc(I)c1. The van der Waals surface area contributed by atoms with Gasteiger partial charge in [0.05, 0.1) is 6.61 Å². The molecule has 2 nitrogen and oxygen atoms in total. The second-order valence-corrected chi connectivity index (χ2v) is 4.26. The highest BCUT2D eigenvalue weighted by molar-refractivity contribution is 14.1. The number of halogens is 1. The van der Waals surface area contributed by atoms with Crippen molar-refractivity contribution in [3.63, 3.8) is 0 Å². The van der Waals surface area contributed by atoms with Crippen LogP contribution in [0, 0.1) is 3.57 Å². The van der Waals surface area contributed by atoms with E-state index in [0.717, 1.165) is 12.3 Å². The van der Waals surface area contributed by atoms with Crippen molar-refractivity contribution >= 4 is 28.3 Å². The molecule has 0 aromatic heterocycles. The maximum absolute atomic E-state index is 5.04. The van der Waals surface area contributed by atoms with Gasteiger partial charge >= 0.3 is 0 Å². The van der Waals surface area contributed by atoms with E-state index in [4.69, 9.17) is 4.74 Å². The number of nitrogens with one attached hydrogen (secondary N) is 1. The molecule has 72 valence electrons. The van der Waals surface area contributed by atoms with Crippen LogP contribution >= 0.6 is 22.6 Å². The van der Waals surface area contributed by atoms with Gasteiger partial charge in [0.1, 0.15) is 0 Å². The average molecular weight is 291 g/mol. The monoisotopic (exact) mass is 291 g/mol. The van der Waals surface area contributed by atoms with Crippen LogP contribution in [0.3, 0.4) is 0 Å². The first-order valence-electron chi connectivity index (χ1n) is 4.23. The number of hydrogen-bond acceptors (Lipinski definition) is 2. The Bertz CT molecular complexity index is 265. The molecule has 0 aliphatic carbocycles. The van der Waals surface area contributed by atoms with E-state index in [9.17, 15) is 0 Å². The second kappa shape index (κ2) is 5.44. The van der Waals surface area contributed by atoms with E-state index in [1.165, 1.54) is 3.57 Å². The average Bonchev–Trinajstić information content (AvgIpc) is 2.04. The fraction of sp³-hybridized carbons (Fsp3) is 0.400. The largest absolute Gasteiger partial charge is 0.383 e. The van der Waals surface area contributed by atoms with E-state index in [2.05, 4.69) is 53.0 Å². The molecule has 0 heterocycles. The van der Waals surface area contributed by atoms with Gasteiger partial charge in [-0.1, -0.05) is 6.07 Å². The van der Waals surface area contributed by atoms with E-state index in [1.54, 1.807) is 7.11 Å². The molecular weight excluding hydrogens is 277 g/mol. The summed E-state index contributed by atoms with van der Waals surface area (Å²) < 4.78 is 6.28. The first kappa shape index (κ1) is 10.8. The first-order chi connectivity index (χ1) is 6.22. The van der Waals surface area contributed by atoms with Crippen molar-refractivity contribution in [3.8, 4) is 0 Å². The molecule has 3 heteroatoms. The Labute approximate surface area is 92.8 Å². The van der Waals surface area contributed by atoms with Crippen LogP contribution in [0.5, 0.6) is 0 Å². The zero-order valence-corrected chi connectivity index (χ0v) is 10.0. The lowest BCUT2D eigenvalue weighted by Crippen LogP contribution is -2.20. The highest BCUT2D eigenvalue weighted by Gasteiger charge is 2.00. The van der Waals surface area contributed by atoms with E-state index in [0.29, 0.717) is 6.04 Å². The Morgan fingerprint density at radius 2 is 2.31 bits per heavy atom. The number of benzene rings is 1. The van der Waals surface area contributed by atoms with Crippen molar-refractivity contribution in [2.45, 2.75) is 13.0 Å². The molecule has 0 amide bonds. The molecule has 0 aliphatic heterocycles. The van der Waals surface area contributed by atoms with Gasteiger partial charge in [0.25, 0.3) is 0 Å². The van der Waals surface area contributed by atoms with Crippen molar-refractivity contribution in [3.05, 3.63) is 27.8 Å². The third kappa shape index (κ3) is 3.95. The number of methoxy groups -OCH3 is 1. The van der Waals surface area contributed by atoms with Gasteiger partial charge in [-0.2, -0.15) is 0 Å². The van der Waals surface area contributed by atoms with Crippen molar-refractivity contribution in [1.29, 1.82) is 0 Å². The quantitative estimate of drug-likeness (QED) is 0.861. The number of rotatable bonds is 4. The van der Waals surface area contributed by atoms with E-state index < -0.39 is 0 Å². The van der Waals surface area contributed by atoms with Gasteiger partial charge in [0.2, 0.25) is 0 Å². The summed E-state index contributed by atoms with van der Waals surface area (Å²) >= 11 is 2.30. The van der Waals surface area contributed by atoms with Crippen molar-refractivity contribution < 1.29 is 4.74 Å². The fourth-order valence-corrected chi connectivity index (χ4v) is 1.70. The van der Waals surface area contributed by atoms with Crippen LogP contribution in [-0.2, 0) is 4.74 Å². The summed E-state index contributed by atoms with van der Waals surface area (Å²) in [6.45, 7) is 2.83. The summed E-state index contributed by atoms with van der Waals surface area (Å²) in [6.07, 6.45) is 0. The number of ether oxygens (including phenoxy) is 1. The van der Waals surface area contributed by atoms with Crippen LogP contribution in [0.25, 0.3) is 0 Å². The maximum Gasteiger partial charge on any atom is 0.0661 e. The van der Waals surface area contributed by atoms with Crippen LogP contribution in [0.4, 0.5) is 5.69 Å². The highest BCUT2D eigenvalue weighted by atomic mass is 127. The molecule has 0 saturated heterocycles. The summed E-state index contributed by atoms with van der Waals surface area (Å²) in [5, 5.41) is 3.35. The smallest absolute Gasteiger partial charge is 0.0661 e. The number of anilines is 1. The van der Waals surface area contributed by atoms with E-state index in [1.807, 2.05) is 6.07 Å². The van der Waals surface area contributed by atoms with Crippen LogP contribution in [-0.4, -0.2) is 19.8 Å². The van der Waals surface area contributed by atoms with Crippen LogP contribution in [0.2, 0.25) is 0 Å². The third-order valence-electron chi connectivity index (χ3n) is 1.65. The Morgan fingerprint density at radius 3 is 2.92 bits per heavy atom. The Morgan fingerprint density at radius 1 is 1.54 bits per heavy atom. The zero-order chi connectivity index (χ0) is 9.68. The standard InChI is InChI=1S/C10H14INO/c1-8(7-13-2)12-10-5-3-4-9(11)6-10/h3-6,8,12H,7H2,1-2H3/t8-/m0/s1. The van der Waals surface area contributed by atoms with Gasteiger partial charge in [-0.25, -0.2) is 0 Å². The summed E-state index contributed by atoms with van der Waals surface area (Å²) in [5.41, 5.74) is 1.15. The molecule has 0 bridgehead atoms. The molecular formula is C10H14INO. The molecule has 0 radical (unpaired) electrons. The Kier molecular flexibility index (Phi) is 4.52. The molecule has 0 aliphatic rings. The van der Waals surface area contributed by atoms with Crippen molar-refractivity contribution in [1.82, 2.24) is 0 Å². The maximum atomic E-state index is 5.04. The highest BCUT2D eigenvalue weighted by Crippen LogP contribution is 2.13. The van der Waals surface area contributed by atoms with Crippen molar-refractivity contribution in [2.24, 2.45) is 0 Å². The molecule has 1 N–H and O–H groups in total. The third-order valence-corrected chi connectivity index (χ3v) is 2.33. The molecule has 1 aromatic rings. The molecule has 0 spiro atoms. The molecule has 13 heavy (non-hydrogen) atoms. The molecule has 0 saturated carbocycles. The minimum absolute atomic E-state index is 0.350. The minimum atomic E-state index is 0.350. The van der Waals surface area contributed by atoms with Gasteiger partial charge < -0.3 is 10.1 Å². The predicted octanol–water partition coefficient (Wildman–Crippen LogP) is 2.74. The summed E-state index contributed by atoms with van der Waals surface area (Å²) in [5.74, 6) is 0. The summed E-state index contributed by atoms with van der Waals surface area (Å²) in [4.78, 5) is 0. The van der Waals surface area contributed by atoms with Gasteiger partial charge in [-0.05, 0) is 47.7 Å². The van der Waals surface area contributed by atoms with E-state index >= 15 is 0 Å². The predicted molar refractivity (Wildman–Crippen MR) is 64.1 cm³/mol. The lowest BCUT2D eigenvalue weighted by molar-refractivity contribution is 0.190. The Balaban J connectivity index is 2.53. The Hall–Kier alpha value is -0.290. The van der Waals surface area contributed by atoms with Crippen LogP contribution in [0.15, 0.2) is 24.3 Å². The summed E-state index contributed by atoms with van der Waals surface area (Å²) in [6, 6.07) is 8.65. The van der Waals surface area contributed by atoms with Crippen LogP contribution < -0.4 is 5.32 Å². The van der Waals surface area contributed by atoms with E-state index in [-0.39, 0.29) is 0 Å². The van der Waals surface area contributed by atoms with Crippen LogP contribution in [0.1, 0.15) is 6.92 Å². The fourth-order valence-electron chi connectivity index (χ4n) is 1.15. The van der Waals surface area contributed by atoms with Gasteiger partial charge in [-0.3, -0.25) is 0 Å². The lowest BCUT2D eigenvalue weighted by atomic mass is 10.3. The molecule has 1 rings (SSSR count). The lowest BCUT2D eigenvalue weighted by Gasteiger charge is -2.13.